The molecule has 0 radical (unpaired) electrons. The third-order valence-electron chi connectivity index (χ3n) is 2.78. The summed E-state index contributed by atoms with van der Waals surface area (Å²) in [7, 11) is 3.57. The quantitative estimate of drug-likeness (QED) is 0.675. The van der Waals surface area contributed by atoms with E-state index >= 15 is 0 Å². The second kappa shape index (κ2) is 7.72. The number of benzene rings is 1. The maximum Gasteiger partial charge on any atom is 0.191 e. The van der Waals surface area contributed by atoms with E-state index in [9.17, 15) is 0 Å². The topological polar surface area (TPSA) is 60.2 Å². The monoisotopic (exact) mass is 303 g/mol. The summed E-state index contributed by atoms with van der Waals surface area (Å²) in [6, 6.07) is 5.84. The van der Waals surface area contributed by atoms with Crippen molar-refractivity contribution in [2.24, 2.45) is 7.05 Å². The summed E-state index contributed by atoms with van der Waals surface area (Å²) in [5.74, 6) is 7.51. The largest absolute Gasteiger partial charge is 0.496 e. The van der Waals surface area contributed by atoms with Gasteiger partial charge in [-0.25, -0.2) is 0 Å². The Morgan fingerprint density at radius 2 is 2.29 bits per heavy atom. The highest BCUT2D eigenvalue weighted by atomic mass is 32.2. The number of nitrogens with zero attached hydrogens (tertiary/aromatic N) is 3. The molecule has 110 valence electrons. The van der Waals surface area contributed by atoms with Crippen molar-refractivity contribution >= 4 is 11.8 Å². The maximum atomic E-state index is 8.76. The average Bonchev–Trinajstić information content (AvgIpc) is 2.91. The summed E-state index contributed by atoms with van der Waals surface area (Å²) in [6.07, 6.45) is 2.16. The van der Waals surface area contributed by atoms with Crippen LogP contribution >= 0.6 is 11.8 Å². The van der Waals surface area contributed by atoms with E-state index in [0.717, 1.165) is 27.8 Å². The van der Waals surface area contributed by atoms with Gasteiger partial charge in [-0.15, -0.1) is 10.2 Å². The van der Waals surface area contributed by atoms with Crippen molar-refractivity contribution in [1.29, 1.82) is 0 Å². The van der Waals surface area contributed by atoms with E-state index in [1.54, 1.807) is 25.2 Å². The summed E-state index contributed by atoms with van der Waals surface area (Å²) in [5.41, 5.74) is 1.97. The van der Waals surface area contributed by atoms with Gasteiger partial charge in [0.05, 0.1) is 13.7 Å². The van der Waals surface area contributed by atoms with Crippen molar-refractivity contribution in [3.05, 3.63) is 35.7 Å². The average molecular weight is 303 g/mol. The molecule has 1 aromatic carbocycles. The highest BCUT2D eigenvalue weighted by molar-refractivity contribution is 7.98. The minimum absolute atomic E-state index is 0.0814. The number of aryl methyl sites for hydroxylation is 1. The summed E-state index contributed by atoms with van der Waals surface area (Å²) < 4.78 is 7.26. The van der Waals surface area contributed by atoms with Gasteiger partial charge in [-0.3, -0.25) is 0 Å². The molecule has 1 aromatic heterocycles. The molecule has 2 aromatic rings. The molecule has 0 aliphatic carbocycles. The smallest absolute Gasteiger partial charge is 0.191 e. The fourth-order valence-corrected chi connectivity index (χ4v) is 2.60. The zero-order valence-electron chi connectivity index (χ0n) is 12.0. The predicted octanol–water partition coefficient (Wildman–Crippen LogP) is 1.85. The van der Waals surface area contributed by atoms with Crippen LogP contribution in [-0.2, 0) is 12.8 Å². The molecule has 6 heteroatoms. The van der Waals surface area contributed by atoms with Gasteiger partial charge in [0, 0.05) is 30.3 Å². The van der Waals surface area contributed by atoms with Gasteiger partial charge in [-0.05, 0) is 18.2 Å². The molecule has 0 aliphatic heterocycles. The van der Waals surface area contributed by atoms with Crippen LogP contribution in [0.15, 0.2) is 29.7 Å². The lowest BCUT2D eigenvalue weighted by Gasteiger charge is -2.08. The highest BCUT2D eigenvalue weighted by Crippen LogP contribution is 2.27. The first-order chi connectivity index (χ1) is 10.2. The van der Waals surface area contributed by atoms with Crippen molar-refractivity contribution in [1.82, 2.24) is 14.8 Å². The lowest BCUT2D eigenvalue weighted by Crippen LogP contribution is -1.94. The molecular formula is C15H17N3O2S. The van der Waals surface area contributed by atoms with E-state index in [4.69, 9.17) is 9.84 Å². The second-order valence-corrected chi connectivity index (χ2v) is 5.26. The van der Waals surface area contributed by atoms with Crippen LogP contribution in [0.4, 0.5) is 0 Å². The molecule has 0 saturated carbocycles. The number of aliphatic hydroxyl groups excluding tert-OH is 1. The molecule has 21 heavy (non-hydrogen) atoms. The lowest BCUT2D eigenvalue weighted by molar-refractivity contribution is 0.305. The first-order valence-electron chi connectivity index (χ1n) is 6.48. The first kappa shape index (κ1) is 15.4. The summed E-state index contributed by atoms with van der Waals surface area (Å²) in [6.45, 7) is 0.0814. The fourth-order valence-electron chi connectivity index (χ4n) is 1.74. The van der Waals surface area contributed by atoms with Crippen LogP contribution in [0.5, 0.6) is 5.75 Å². The third kappa shape index (κ3) is 4.25. The molecule has 0 saturated heterocycles. The van der Waals surface area contributed by atoms with Crippen molar-refractivity contribution in [3.63, 3.8) is 0 Å². The Bertz CT molecular complexity index is 658. The van der Waals surface area contributed by atoms with E-state index in [-0.39, 0.29) is 6.61 Å². The van der Waals surface area contributed by atoms with Gasteiger partial charge < -0.3 is 14.4 Å². The number of rotatable bonds is 5. The predicted molar refractivity (Wildman–Crippen MR) is 82.1 cm³/mol. The van der Waals surface area contributed by atoms with Gasteiger partial charge in [-0.2, -0.15) is 0 Å². The van der Waals surface area contributed by atoms with Gasteiger partial charge in [0.1, 0.15) is 12.1 Å². The summed E-state index contributed by atoms with van der Waals surface area (Å²) in [5, 5.41) is 17.5. The van der Waals surface area contributed by atoms with Crippen LogP contribution in [0.3, 0.4) is 0 Å². The zero-order valence-corrected chi connectivity index (χ0v) is 12.9. The minimum Gasteiger partial charge on any atom is -0.496 e. The molecule has 0 aliphatic rings. The third-order valence-corrected chi connectivity index (χ3v) is 3.86. The lowest BCUT2D eigenvalue weighted by atomic mass is 10.1. The van der Waals surface area contributed by atoms with Crippen LogP contribution in [-0.4, -0.2) is 33.6 Å². The highest BCUT2D eigenvalue weighted by Gasteiger charge is 2.07. The fraction of sp³-hybridized carbons (Fsp3) is 0.333. The van der Waals surface area contributed by atoms with Gasteiger partial charge in [-0.1, -0.05) is 23.6 Å². The van der Waals surface area contributed by atoms with Gasteiger partial charge in [0.25, 0.3) is 0 Å². The summed E-state index contributed by atoms with van der Waals surface area (Å²) in [4.78, 5) is 0. The molecule has 0 amide bonds. The van der Waals surface area contributed by atoms with E-state index in [1.807, 2.05) is 29.8 Å². The maximum absolute atomic E-state index is 8.76. The second-order valence-electron chi connectivity index (χ2n) is 4.32. The Labute approximate surface area is 128 Å². The van der Waals surface area contributed by atoms with Crippen LogP contribution < -0.4 is 4.74 Å². The van der Waals surface area contributed by atoms with Crippen molar-refractivity contribution in [2.75, 3.05) is 13.7 Å². The van der Waals surface area contributed by atoms with Crippen LogP contribution in [0, 0.1) is 11.8 Å². The number of methoxy groups -OCH3 is 1. The Hall–Kier alpha value is -1.97. The Kier molecular flexibility index (Phi) is 5.67. The molecule has 0 fully saturated rings. The normalized spacial score (nSPS) is 10.0. The number of thioether (sulfide) groups is 1. The molecule has 0 spiro atoms. The molecule has 1 N–H and O–H groups in total. The van der Waals surface area contributed by atoms with Gasteiger partial charge in [0.15, 0.2) is 5.16 Å². The van der Waals surface area contributed by atoms with Crippen molar-refractivity contribution in [3.8, 4) is 17.6 Å². The van der Waals surface area contributed by atoms with Gasteiger partial charge >= 0.3 is 0 Å². The Morgan fingerprint density at radius 3 is 2.95 bits per heavy atom. The molecule has 5 nitrogen and oxygen atoms in total. The van der Waals surface area contributed by atoms with E-state index in [1.165, 1.54) is 0 Å². The zero-order chi connectivity index (χ0) is 15.1. The van der Waals surface area contributed by atoms with Gasteiger partial charge in [0.2, 0.25) is 0 Å². The number of ether oxygens (including phenoxy) is 1. The number of hydrogen-bond acceptors (Lipinski definition) is 5. The number of aromatic nitrogens is 3. The number of aliphatic hydroxyl groups is 1. The van der Waals surface area contributed by atoms with E-state index in [0.29, 0.717) is 6.42 Å². The molecule has 0 atom stereocenters. The van der Waals surface area contributed by atoms with Crippen molar-refractivity contribution in [2.45, 2.75) is 17.3 Å². The molecular weight excluding hydrogens is 286 g/mol. The molecule has 1 heterocycles. The SMILES string of the molecule is COc1ccc(C#CCCO)cc1CSc1nncn1C. The molecule has 2 rings (SSSR count). The Morgan fingerprint density at radius 1 is 1.43 bits per heavy atom. The Balaban J connectivity index is 2.14. The van der Waals surface area contributed by atoms with E-state index in [2.05, 4.69) is 22.0 Å². The van der Waals surface area contributed by atoms with E-state index < -0.39 is 0 Å². The minimum atomic E-state index is 0.0814. The number of hydrogen-bond donors (Lipinski definition) is 1. The van der Waals surface area contributed by atoms with Crippen molar-refractivity contribution < 1.29 is 9.84 Å². The van der Waals surface area contributed by atoms with Crippen LogP contribution in [0.25, 0.3) is 0 Å². The first-order valence-corrected chi connectivity index (χ1v) is 7.46. The summed E-state index contributed by atoms with van der Waals surface area (Å²) >= 11 is 1.59. The van der Waals surface area contributed by atoms with Crippen LogP contribution in [0.1, 0.15) is 17.5 Å². The molecule has 0 unspecified atom stereocenters. The van der Waals surface area contributed by atoms with Crippen LogP contribution in [0.2, 0.25) is 0 Å². The molecule has 0 bridgehead atoms. The standard InChI is InChI=1S/C15H17N3O2S/c1-18-11-16-17-15(18)21-10-13-9-12(5-3-4-8-19)6-7-14(13)20-2/h6-7,9,11,19H,4,8,10H2,1-2H3.